The third-order valence-electron chi connectivity index (χ3n) is 5.01. The lowest BCUT2D eigenvalue weighted by atomic mass is 10.1. The van der Waals surface area contributed by atoms with Crippen molar-refractivity contribution in [1.82, 2.24) is 13.6 Å². The average Bonchev–Trinajstić information content (AvgIpc) is 3.23. The number of halogens is 1. The number of aromatic nitrogens is 2. The fraction of sp³-hybridized carbons (Fsp3) is 0.526. The number of carbonyl (C=O) groups excluding carboxylic acids is 1. The fourth-order valence-electron chi connectivity index (χ4n) is 3.40. The zero-order chi connectivity index (χ0) is 20.1. The summed E-state index contributed by atoms with van der Waals surface area (Å²) in [5.74, 6) is 0.848. The summed E-state index contributed by atoms with van der Waals surface area (Å²) in [7, 11) is 0. The smallest absolute Gasteiger partial charge is 0.271 e. The Bertz CT molecular complexity index is 822. The second-order valence-corrected chi connectivity index (χ2v) is 7.44. The molecule has 1 amide bonds. The molecule has 8 nitrogen and oxygen atoms in total. The maximum atomic E-state index is 13.7. The highest BCUT2D eigenvalue weighted by molar-refractivity contribution is 6.99. The molecule has 1 aromatic heterocycles. The summed E-state index contributed by atoms with van der Waals surface area (Å²) in [6, 6.07) is 6.37. The molecule has 29 heavy (non-hydrogen) atoms. The van der Waals surface area contributed by atoms with Crippen LogP contribution in [-0.2, 0) is 9.53 Å². The van der Waals surface area contributed by atoms with Gasteiger partial charge in [0, 0.05) is 39.0 Å². The summed E-state index contributed by atoms with van der Waals surface area (Å²) in [5.41, 5.74) is 0. The predicted octanol–water partition coefficient (Wildman–Crippen LogP) is 1.96. The van der Waals surface area contributed by atoms with Crippen molar-refractivity contribution in [3.63, 3.8) is 0 Å². The Balaban J connectivity index is 1.24. The summed E-state index contributed by atoms with van der Waals surface area (Å²) < 4.78 is 38.9. The second-order valence-electron chi connectivity index (χ2n) is 6.91. The molecule has 3 heterocycles. The first-order chi connectivity index (χ1) is 14.2. The molecule has 0 unspecified atom stereocenters. The first-order valence-electron chi connectivity index (χ1n) is 9.67. The summed E-state index contributed by atoms with van der Waals surface area (Å²) in [4.78, 5) is 16.3. The second kappa shape index (κ2) is 9.36. The number of rotatable bonds is 6. The Hall–Kier alpha value is -2.46. The van der Waals surface area contributed by atoms with E-state index >= 15 is 0 Å². The molecular formula is C19H23FN4O4S. The highest BCUT2D eigenvalue weighted by Gasteiger charge is 2.26. The first-order valence-corrected chi connectivity index (χ1v) is 10.4. The average molecular weight is 422 g/mol. The SMILES string of the molecule is O=C(COc1nsnc1N1CCOCC1)N1CCC(Oc2ccccc2F)CC1. The third kappa shape index (κ3) is 4.94. The summed E-state index contributed by atoms with van der Waals surface area (Å²) >= 11 is 1.07. The summed E-state index contributed by atoms with van der Waals surface area (Å²) in [5, 5.41) is 0. The number of hydrogen-bond acceptors (Lipinski definition) is 8. The Morgan fingerprint density at radius 1 is 1.17 bits per heavy atom. The molecule has 0 spiro atoms. The van der Waals surface area contributed by atoms with Gasteiger partial charge in [0.05, 0.1) is 24.9 Å². The maximum absolute atomic E-state index is 13.7. The Morgan fingerprint density at radius 2 is 1.93 bits per heavy atom. The molecule has 2 aliphatic heterocycles. The first kappa shape index (κ1) is 19.8. The molecule has 0 N–H and O–H groups in total. The van der Waals surface area contributed by atoms with E-state index in [4.69, 9.17) is 14.2 Å². The summed E-state index contributed by atoms with van der Waals surface area (Å²) in [6.45, 7) is 3.75. The number of carbonyl (C=O) groups is 1. The van der Waals surface area contributed by atoms with E-state index in [1.54, 1.807) is 23.1 Å². The molecule has 0 saturated carbocycles. The monoisotopic (exact) mass is 422 g/mol. The summed E-state index contributed by atoms with van der Waals surface area (Å²) in [6.07, 6.45) is 1.20. The van der Waals surface area contributed by atoms with Crippen LogP contribution in [0.4, 0.5) is 10.2 Å². The molecule has 0 atom stereocenters. The van der Waals surface area contributed by atoms with Gasteiger partial charge in [0.1, 0.15) is 6.10 Å². The molecule has 4 rings (SSSR count). The van der Waals surface area contributed by atoms with E-state index in [2.05, 4.69) is 13.6 Å². The lowest BCUT2D eigenvalue weighted by Gasteiger charge is -2.32. The number of benzene rings is 1. The van der Waals surface area contributed by atoms with E-state index < -0.39 is 0 Å². The normalized spacial score (nSPS) is 18.0. The lowest BCUT2D eigenvalue weighted by Crippen LogP contribution is -2.43. The van der Waals surface area contributed by atoms with Crippen LogP contribution in [0.2, 0.25) is 0 Å². The minimum absolute atomic E-state index is 0.0818. The predicted molar refractivity (Wildman–Crippen MR) is 105 cm³/mol. The minimum Gasteiger partial charge on any atom is -0.487 e. The Labute approximate surface area is 172 Å². The van der Waals surface area contributed by atoms with Crippen molar-refractivity contribution in [2.75, 3.05) is 50.9 Å². The van der Waals surface area contributed by atoms with Crippen molar-refractivity contribution in [3.05, 3.63) is 30.1 Å². The highest BCUT2D eigenvalue weighted by atomic mass is 32.1. The Kier molecular flexibility index (Phi) is 6.40. The van der Waals surface area contributed by atoms with Crippen molar-refractivity contribution < 1.29 is 23.4 Å². The standard InChI is InChI=1S/C19H23FN4O4S/c20-15-3-1-2-4-16(15)28-14-5-7-23(8-6-14)17(25)13-27-19-18(21-29-22-19)24-9-11-26-12-10-24/h1-4,14H,5-13H2. The zero-order valence-electron chi connectivity index (χ0n) is 16.0. The number of ether oxygens (including phenoxy) is 3. The molecule has 2 aromatic rings. The fourth-order valence-corrected chi connectivity index (χ4v) is 3.92. The Morgan fingerprint density at radius 3 is 2.69 bits per heavy atom. The molecule has 0 radical (unpaired) electrons. The van der Waals surface area contributed by atoms with Gasteiger partial charge in [-0.1, -0.05) is 12.1 Å². The van der Waals surface area contributed by atoms with Crippen molar-refractivity contribution in [2.24, 2.45) is 0 Å². The molecule has 10 heteroatoms. The van der Waals surface area contributed by atoms with Crippen LogP contribution in [-0.4, -0.2) is 71.7 Å². The van der Waals surface area contributed by atoms with Gasteiger partial charge in [0.2, 0.25) is 5.82 Å². The van der Waals surface area contributed by atoms with Crippen LogP contribution < -0.4 is 14.4 Å². The molecule has 1 aromatic carbocycles. The zero-order valence-corrected chi connectivity index (χ0v) is 16.8. The number of nitrogens with zero attached hydrogens (tertiary/aromatic N) is 4. The van der Waals surface area contributed by atoms with E-state index in [1.165, 1.54) is 6.07 Å². The van der Waals surface area contributed by atoms with Crippen LogP contribution >= 0.6 is 11.7 Å². The van der Waals surface area contributed by atoms with Gasteiger partial charge in [-0.25, -0.2) is 4.39 Å². The highest BCUT2D eigenvalue weighted by Crippen LogP contribution is 2.26. The molecular weight excluding hydrogens is 399 g/mol. The van der Waals surface area contributed by atoms with E-state index in [9.17, 15) is 9.18 Å². The van der Waals surface area contributed by atoms with Crippen LogP contribution in [0.3, 0.4) is 0 Å². The van der Waals surface area contributed by atoms with Crippen molar-refractivity contribution in [3.8, 4) is 11.6 Å². The van der Waals surface area contributed by atoms with Gasteiger partial charge in [-0.05, 0) is 12.1 Å². The number of amides is 1. The van der Waals surface area contributed by atoms with Gasteiger partial charge >= 0.3 is 0 Å². The molecule has 0 bridgehead atoms. The topological polar surface area (TPSA) is 77.0 Å². The molecule has 2 fully saturated rings. The van der Waals surface area contributed by atoms with Crippen molar-refractivity contribution in [2.45, 2.75) is 18.9 Å². The van der Waals surface area contributed by atoms with Gasteiger partial charge in [0.25, 0.3) is 11.8 Å². The van der Waals surface area contributed by atoms with Gasteiger partial charge in [-0.3, -0.25) is 4.79 Å². The van der Waals surface area contributed by atoms with Crippen LogP contribution in [0, 0.1) is 5.82 Å². The van der Waals surface area contributed by atoms with E-state index in [1.807, 2.05) is 0 Å². The number of hydrogen-bond donors (Lipinski definition) is 0. The lowest BCUT2D eigenvalue weighted by molar-refractivity contribution is -0.135. The molecule has 2 aliphatic rings. The van der Waals surface area contributed by atoms with Crippen LogP contribution in [0.1, 0.15) is 12.8 Å². The largest absolute Gasteiger partial charge is 0.487 e. The minimum atomic E-state index is -0.368. The van der Waals surface area contributed by atoms with Gasteiger partial charge in [0.15, 0.2) is 18.2 Å². The molecule has 0 aliphatic carbocycles. The maximum Gasteiger partial charge on any atom is 0.271 e. The number of para-hydroxylation sites is 1. The number of morpholine rings is 1. The van der Waals surface area contributed by atoms with Gasteiger partial charge in [-0.15, -0.1) is 4.37 Å². The van der Waals surface area contributed by atoms with Crippen LogP contribution in [0.25, 0.3) is 0 Å². The number of piperidine rings is 1. The molecule has 156 valence electrons. The third-order valence-corrected chi connectivity index (χ3v) is 5.51. The van der Waals surface area contributed by atoms with Crippen molar-refractivity contribution in [1.29, 1.82) is 0 Å². The number of anilines is 1. The van der Waals surface area contributed by atoms with Gasteiger partial charge < -0.3 is 24.0 Å². The van der Waals surface area contributed by atoms with E-state index in [0.29, 0.717) is 50.8 Å². The molecule has 2 saturated heterocycles. The number of likely N-dealkylation sites (tertiary alicyclic amines) is 1. The quantitative estimate of drug-likeness (QED) is 0.704. The van der Waals surface area contributed by atoms with E-state index in [0.717, 1.165) is 24.8 Å². The van der Waals surface area contributed by atoms with E-state index in [-0.39, 0.29) is 30.2 Å². The van der Waals surface area contributed by atoms with Crippen LogP contribution in [0.5, 0.6) is 11.6 Å². The van der Waals surface area contributed by atoms with Gasteiger partial charge in [-0.2, -0.15) is 4.37 Å². The van der Waals surface area contributed by atoms with Crippen LogP contribution in [0.15, 0.2) is 24.3 Å². The van der Waals surface area contributed by atoms with Crippen molar-refractivity contribution >= 4 is 23.5 Å².